The van der Waals surface area contributed by atoms with Crippen molar-refractivity contribution in [3.63, 3.8) is 0 Å². The van der Waals surface area contributed by atoms with Crippen molar-refractivity contribution in [2.24, 2.45) is 5.41 Å². The number of carbonyl (C=O) groups is 2. The van der Waals surface area contributed by atoms with Crippen molar-refractivity contribution >= 4 is 11.9 Å². The normalized spacial score (nSPS) is 17.8. The fraction of sp³-hybridized carbons (Fsp3) is 0.429. The van der Waals surface area contributed by atoms with Crippen LogP contribution in [0.2, 0.25) is 0 Å². The lowest BCUT2D eigenvalue weighted by atomic mass is 9.80. The Balaban J connectivity index is 2.08. The molecule has 0 aromatic heterocycles. The third-order valence-electron chi connectivity index (χ3n) is 3.89. The number of rotatable bonds is 2. The average molecular weight is 279 g/mol. The van der Waals surface area contributed by atoms with E-state index in [1.165, 1.54) is 18.2 Å². The number of piperidine rings is 1. The van der Waals surface area contributed by atoms with E-state index in [1.807, 2.05) is 0 Å². The second kappa shape index (κ2) is 5.03. The molecule has 0 aliphatic carbocycles. The molecule has 0 unspecified atom stereocenters. The highest BCUT2D eigenvalue weighted by Crippen LogP contribution is 2.32. The molecule has 1 aliphatic heterocycles. The smallest absolute Gasteiger partial charge is 0.309 e. The van der Waals surface area contributed by atoms with E-state index in [-0.39, 0.29) is 23.0 Å². The van der Waals surface area contributed by atoms with E-state index < -0.39 is 11.4 Å². The Kier molecular flexibility index (Phi) is 3.57. The first kappa shape index (κ1) is 14.2. The molecule has 0 spiro atoms. The monoisotopic (exact) mass is 279 g/mol. The minimum Gasteiger partial charge on any atom is -0.504 e. The Hall–Kier alpha value is -2.24. The van der Waals surface area contributed by atoms with Crippen LogP contribution in [0.15, 0.2) is 18.2 Å². The van der Waals surface area contributed by atoms with Gasteiger partial charge in [0.05, 0.1) is 5.41 Å². The van der Waals surface area contributed by atoms with Crippen molar-refractivity contribution in [1.82, 2.24) is 4.90 Å². The molecule has 20 heavy (non-hydrogen) atoms. The van der Waals surface area contributed by atoms with Crippen LogP contribution in [0.3, 0.4) is 0 Å². The number of carbonyl (C=O) groups excluding carboxylic acids is 1. The number of amides is 1. The van der Waals surface area contributed by atoms with Crippen molar-refractivity contribution in [3.8, 4) is 11.5 Å². The molecule has 0 saturated carbocycles. The van der Waals surface area contributed by atoms with Crippen LogP contribution in [0.5, 0.6) is 11.5 Å². The molecule has 2 rings (SSSR count). The summed E-state index contributed by atoms with van der Waals surface area (Å²) >= 11 is 0. The number of nitrogens with zero attached hydrogens (tertiary/aromatic N) is 1. The highest BCUT2D eigenvalue weighted by atomic mass is 16.4. The SMILES string of the molecule is CC1(C(=O)O)CCN(C(=O)c2ccc(O)c(O)c2)CC1. The Morgan fingerprint density at radius 3 is 2.25 bits per heavy atom. The molecule has 1 aliphatic rings. The predicted octanol–water partition coefficient (Wildman–Crippen LogP) is 1.42. The topological polar surface area (TPSA) is 98.1 Å². The maximum Gasteiger partial charge on any atom is 0.309 e. The molecule has 1 fully saturated rings. The molecule has 6 heteroatoms. The number of benzene rings is 1. The summed E-state index contributed by atoms with van der Waals surface area (Å²) in [6, 6.07) is 3.90. The number of aromatic hydroxyl groups is 2. The average Bonchev–Trinajstić information content (AvgIpc) is 2.42. The molecular weight excluding hydrogens is 262 g/mol. The van der Waals surface area contributed by atoms with Gasteiger partial charge in [0, 0.05) is 18.7 Å². The first-order valence-electron chi connectivity index (χ1n) is 6.38. The van der Waals surface area contributed by atoms with Crippen molar-refractivity contribution < 1.29 is 24.9 Å². The van der Waals surface area contributed by atoms with E-state index in [0.29, 0.717) is 25.9 Å². The van der Waals surface area contributed by atoms with Crippen molar-refractivity contribution in [2.45, 2.75) is 19.8 Å². The highest BCUT2D eigenvalue weighted by molar-refractivity contribution is 5.95. The number of carboxylic acids is 1. The summed E-state index contributed by atoms with van der Waals surface area (Å²) in [7, 11) is 0. The van der Waals surface area contributed by atoms with E-state index >= 15 is 0 Å². The van der Waals surface area contributed by atoms with Crippen LogP contribution in [0, 0.1) is 5.41 Å². The number of hydrogen-bond acceptors (Lipinski definition) is 4. The molecule has 0 atom stereocenters. The Bertz CT molecular complexity index is 546. The van der Waals surface area contributed by atoms with Gasteiger partial charge in [-0.25, -0.2) is 0 Å². The van der Waals surface area contributed by atoms with Crippen LogP contribution in [-0.4, -0.2) is 45.2 Å². The van der Waals surface area contributed by atoms with Gasteiger partial charge in [-0.1, -0.05) is 0 Å². The van der Waals surface area contributed by atoms with E-state index in [9.17, 15) is 19.8 Å². The molecule has 1 saturated heterocycles. The second-order valence-electron chi connectivity index (χ2n) is 5.36. The second-order valence-corrected chi connectivity index (χ2v) is 5.36. The van der Waals surface area contributed by atoms with Gasteiger partial charge in [0.15, 0.2) is 11.5 Å². The predicted molar refractivity (Wildman–Crippen MR) is 70.7 cm³/mol. The molecule has 0 bridgehead atoms. The van der Waals surface area contributed by atoms with E-state index in [0.717, 1.165) is 0 Å². The van der Waals surface area contributed by atoms with Gasteiger partial charge in [0.25, 0.3) is 5.91 Å². The third kappa shape index (κ3) is 2.54. The molecule has 1 heterocycles. The minimum absolute atomic E-state index is 0.271. The minimum atomic E-state index is -0.841. The summed E-state index contributed by atoms with van der Waals surface area (Å²) in [6.45, 7) is 2.41. The van der Waals surface area contributed by atoms with Gasteiger partial charge in [-0.3, -0.25) is 9.59 Å². The maximum atomic E-state index is 12.2. The Labute approximate surface area is 116 Å². The zero-order valence-electron chi connectivity index (χ0n) is 11.2. The summed E-state index contributed by atoms with van der Waals surface area (Å²) in [5.41, 5.74) is -0.507. The lowest BCUT2D eigenvalue weighted by Crippen LogP contribution is -2.45. The fourth-order valence-corrected chi connectivity index (χ4v) is 2.26. The van der Waals surface area contributed by atoms with Crippen LogP contribution in [-0.2, 0) is 4.79 Å². The largest absolute Gasteiger partial charge is 0.504 e. The van der Waals surface area contributed by atoms with E-state index in [4.69, 9.17) is 5.11 Å². The van der Waals surface area contributed by atoms with Crippen molar-refractivity contribution in [3.05, 3.63) is 23.8 Å². The van der Waals surface area contributed by atoms with E-state index in [1.54, 1.807) is 11.8 Å². The zero-order valence-corrected chi connectivity index (χ0v) is 11.2. The fourth-order valence-electron chi connectivity index (χ4n) is 2.26. The molecular formula is C14H17NO5. The van der Waals surface area contributed by atoms with Gasteiger partial charge in [-0.15, -0.1) is 0 Å². The van der Waals surface area contributed by atoms with Gasteiger partial charge in [-0.05, 0) is 38.0 Å². The molecule has 1 amide bonds. The van der Waals surface area contributed by atoms with Crippen LogP contribution in [0.4, 0.5) is 0 Å². The summed E-state index contributed by atoms with van der Waals surface area (Å²) in [5, 5.41) is 27.8. The van der Waals surface area contributed by atoms with Gasteiger partial charge < -0.3 is 20.2 Å². The van der Waals surface area contributed by atoms with Crippen LogP contribution >= 0.6 is 0 Å². The van der Waals surface area contributed by atoms with Crippen molar-refractivity contribution in [1.29, 1.82) is 0 Å². The maximum absolute atomic E-state index is 12.2. The molecule has 1 aromatic rings. The molecule has 3 N–H and O–H groups in total. The molecule has 1 aromatic carbocycles. The Morgan fingerprint density at radius 1 is 1.15 bits per heavy atom. The molecule has 0 radical (unpaired) electrons. The van der Waals surface area contributed by atoms with Gasteiger partial charge in [-0.2, -0.15) is 0 Å². The number of phenols is 2. The number of likely N-dealkylation sites (tertiary alicyclic amines) is 1. The lowest BCUT2D eigenvalue weighted by Gasteiger charge is -2.36. The van der Waals surface area contributed by atoms with E-state index in [2.05, 4.69) is 0 Å². The number of aliphatic carboxylic acids is 1. The summed E-state index contributed by atoms with van der Waals surface area (Å²) in [4.78, 5) is 24.9. The van der Waals surface area contributed by atoms with Crippen LogP contribution in [0.1, 0.15) is 30.1 Å². The summed E-state index contributed by atoms with van der Waals surface area (Å²) in [5.74, 6) is -1.73. The van der Waals surface area contributed by atoms with Gasteiger partial charge in [0.1, 0.15) is 0 Å². The quantitative estimate of drug-likeness (QED) is 0.711. The lowest BCUT2D eigenvalue weighted by molar-refractivity contribution is -0.150. The summed E-state index contributed by atoms with van der Waals surface area (Å²) in [6.07, 6.45) is 0.802. The standard InChI is InChI=1S/C14H17NO5/c1-14(13(19)20)4-6-15(7-5-14)12(18)9-2-3-10(16)11(17)8-9/h2-3,8,16-17H,4-7H2,1H3,(H,19,20). The van der Waals surface area contributed by atoms with Crippen molar-refractivity contribution in [2.75, 3.05) is 13.1 Å². The number of carboxylic acid groups (broad SMARTS) is 1. The first-order chi connectivity index (χ1) is 9.33. The van der Waals surface area contributed by atoms with Crippen LogP contribution < -0.4 is 0 Å². The van der Waals surface area contributed by atoms with Crippen LogP contribution in [0.25, 0.3) is 0 Å². The highest BCUT2D eigenvalue weighted by Gasteiger charge is 2.38. The Morgan fingerprint density at radius 2 is 1.75 bits per heavy atom. The first-order valence-corrected chi connectivity index (χ1v) is 6.38. The zero-order chi connectivity index (χ0) is 14.9. The molecule has 6 nitrogen and oxygen atoms in total. The third-order valence-corrected chi connectivity index (χ3v) is 3.89. The van der Waals surface area contributed by atoms with Gasteiger partial charge in [0.2, 0.25) is 0 Å². The number of phenolic OH excluding ortho intramolecular Hbond substituents is 2. The molecule has 108 valence electrons. The summed E-state index contributed by atoms with van der Waals surface area (Å²) < 4.78 is 0. The van der Waals surface area contributed by atoms with Gasteiger partial charge >= 0.3 is 5.97 Å². The number of hydrogen-bond donors (Lipinski definition) is 3.